The molecule has 1 saturated heterocycles. The normalized spacial score (nSPS) is 21.7. The van der Waals surface area contributed by atoms with Gasteiger partial charge >= 0.3 is 0 Å². The predicted molar refractivity (Wildman–Crippen MR) is 110 cm³/mol. The van der Waals surface area contributed by atoms with Gasteiger partial charge in [0.15, 0.2) is 0 Å². The summed E-state index contributed by atoms with van der Waals surface area (Å²) < 4.78 is 0. The van der Waals surface area contributed by atoms with Gasteiger partial charge in [-0.2, -0.15) is 0 Å². The number of piperazine rings is 1. The molecule has 28 heavy (non-hydrogen) atoms. The van der Waals surface area contributed by atoms with E-state index in [1.165, 1.54) is 11.1 Å². The molecule has 0 bridgehead atoms. The maximum Gasteiger partial charge on any atom is 0.242 e. The molecule has 4 rings (SSSR count). The van der Waals surface area contributed by atoms with E-state index in [4.69, 9.17) is 0 Å². The Kier molecular flexibility index (Phi) is 4.74. The van der Waals surface area contributed by atoms with Crippen LogP contribution in [0.5, 0.6) is 0 Å². The zero-order chi connectivity index (χ0) is 19.9. The lowest BCUT2D eigenvalue weighted by Crippen LogP contribution is -2.59. The molecule has 2 aromatic carbocycles. The van der Waals surface area contributed by atoms with Crippen molar-refractivity contribution in [1.82, 2.24) is 9.80 Å². The molecule has 4 nitrogen and oxygen atoms in total. The third kappa shape index (κ3) is 3.32. The Hall–Kier alpha value is -2.62. The number of carbonyl (C=O) groups excluding carboxylic acids is 2. The Morgan fingerprint density at radius 3 is 2.54 bits per heavy atom. The molecule has 2 amide bonds. The van der Waals surface area contributed by atoms with Crippen LogP contribution in [0.1, 0.15) is 43.5 Å². The van der Waals surface area contributed by atoms with Gasteiger partial charge in [-0.25, -0.2) is 0 Å². The maximum absolute atomic E-state index is 13.1. The molecule has 4 heteroatoms. The standard InChI is InChI=1S/C24H28N2O2/c1-17(13-18-9-5-4-6-10-18)23(28)25-14-21-19-11-7-8-12-20(19)24(2,3)16-26(21)22(27)15-25/h4-12,17,21H,13-16H2,1-3H3. The van der Waals surface area contributed by atoms with Gasteiger partial charge in [0.2, 0.25) is 11.8 Å². The van der Waals surface area contributed by atoms with Gasteiger partial charge in [0.25, 0.3) is 0 Å². The third-order valence-corrected chi connectivity index (χ3v) is 6.15. The Morgan fingerprint density at radius 1 is 1.11 bits per heavy atom. The lowest BCUT2D eigenvalue weighted by molar-refractivity contribution is -0.152. The number of benzene rings is 2. The molecule has 2 heterocycles. The molecule has 0 spiro atoms. The average molecular weight is 377 g/mol. The van der Waals surface area contributed by atoms with Crippen molar-refractivity contribution in [2.24, 2.45) is 5.92 Å². The van der Waals surface area contributed by atoms with Gasteiger partial charge in [-0.3, -0.25) is 9.59 Å². The summed E-state index contributed by atoms with van der Waals surface area (Å²) in [6, 6.07) is 18.4. The van der Waals surface area contributed by atoms with Gasteiger partial charge in [-0.1, -0.05) is 75.4 Å². The number of carbonyl (C=O) groups is 2. The van der Waals surface area contributed by atoms with Gasteiger partial charge in [0.05, 0.1) is 12.6 Å². The summed E-state index contributed by atoms with van der Waals surface area (Å²) in [5.74, 6) is -0.0183. The van der Waals surface area contributed by atoms with Gasteiger partial charge in [-0.05, 0) is 23.1 Å². The van der Waals surface area contributed by atoms with E-state index in [2.05, 4.69) is 32.0 Å². The fourth-order valence-electron chi connectivity index (χ4n) is 4.71. The smallest absolute Gasteiger partial charge is 0.242 e. The van der Waals surface area contributed by atoms with Crippen molar-refractivity contribution >= 4 is 11.8 Å². The minimum Gasteiger partial charge on any atom is -0.331 e. The summed E-state index contributed by atoms with van der Waals surface area (Å²) in [4.78, 5) is 29.8. The highest BCUT2D eigenvalue weighted by molar-refractivity contribution is 5.88. The summed E-state index contributed by atoms with van der Waals surface area (Å²) in [5.41, 5.74) is 3.55. The molecule has 2 atom stereocenters. The molecule has 2 aliphatic heterocycles. The van der Waals surface area contributed by atoms with E-state index in [9.17, 15) is 9.59 Å². The molecule has 0 saturated carbocycles. The number of hydrogen-bond donors (Lipinski definition) is 0. The molecule has 0 aliphatic carbocycles. The molecular weight excluding hydrogens is 348 g/mol. The number of amides is 2. The first-order valence-electron chi connectivity index (χ1n) is 10.1. The Labute approximate surface area is 167 Å². The summed E-state index contributed by atoms with van der Waals surface area (Å²) in [6.45, 7) is 7.81. The highest BCUT2D eigenvalue weighted by atomic mass is 16.2. The monoisotopic (exact) mass is 376 g/mol. The molecule has 146 valence electrons. The number of hydrogen-bond acceptors (Lipinski definition) is 2. The van der Waals surface area contributed by atoms with Crippen molar-refractivity contribution in [3.63, 3.8) is 0 Å². The summed E-state index contributed by atoms with van der Waals surface area (Å²) in [7, 11) is 0. The zero-order valence-corrected chi connectivity index (χ0v) is 16.9. The molecule has 2 aliphatic rings. The van der Waals surface area contributed by atoms with Gasteiger partial charge < -0.3 is 9.80 Å². The molecule has 0 aromatic heterocycles. The van der Waals surface area contributed by atoms with Crippen LogP contribution in [0.4, 0.5) is 0 Å². The molecule has 2 unspecified atom stereocenters. The summed E-state index contributed by atoms with van der Waals surface area (Å²) in [5, 5.41) is 0. The van der Waals surface area contributed by atoms with Crippen LogP contribution in [0.3, 0.4) is 0 Å². The highest BCUT2D eigenvalue weighted by Crippen LogP contribution is 2.41. The zero-order valence-electron chi connectivity index (χ0n) is 16.9. The van der Waals surface area contributed by atoms with E-state index >= 15 is 0 Å². The lowest BCUT2D eigenvalue weighted by Gasteiger charge is -2.50. The minimum absolute atomic E-state index is 0.0432. The predicted octanol–water partition coefficient (Wildman–Crippen LogP) is 3.57. The average Bonchev–Trinajstić information content (AvgIpc) is 2.69. The molecule has 0 N–H and O–H groups in total. The summed E-state index contributed by atoms with van der Waals surface area (Å²) >= 11 is 0. The van der Waals surface area contributed by atoms with Gasteiger partial charge in [0, 0.05) is 24.4 Å². The van der Waals surface area contributed by atoms with Gasteiger partial charge in [-0.15, -0.1) is 0 Å². The molecule has 1 fully saturated rings. The van der Waals surface area contributed by atoms with Crippen molar-refractivity contribution in [3.8, 4) is 0 Å². The minimum atomic E-state index is -0.142. The van der Waals surface area contributed by atoms with Crippen molar-refractivity contribution in [3.05, 3.63) is 71.3 Å². The first-order valence-corrected chi connectivity index (χ1v) is 10.1. The SMILES string of the molecule is CC(Cc1ccccc1)C(=O)N1CC(=O)N2CC(C)(C)c3ccccc3C2C1. The van der Waals surface area contributed by atoms with Crippen molar-refractivity contribution in [1.29, 1.82) is 0 Å². The Morgan fingerprint density at radius 2 is 1.79 bits per heavy atom. The van der Waals surface area contributed by atoms with Crippen LogP contribution in [-0.2, 0) is 21.4 Å². The van der Waals surface area contributed by atoms with Crippen LogP contribution in [0.25, 0.3) is 0 Å². The third-order valence-electron chi connectivity index (χ3n) is 6.15. The molecular formula is C24H28N2O2. The lowest BCUT2D eigenvalue weighted by atomic mass is 9.75. The van der Waals surface area contributed by atoms with E-state index in [0.717, 1.165) is 5.56 Å². The van der Waals surface area contributed by atoms with Crippen LogP contribution in [0.15, 0.2) is 54.6 Å². The van der Waals surface area contributed by atoms with Crippen LogP contribution in [-0.4, -0.2) is 41.2 Å². The number of fused-ring (bicyclic) bond motifs is 3. The van der Waals surface area contributed by atoms with Gasteiger partial charge in [0.1, 0.15) is 0 Å². The fraction of sp³-hybridized carbons (Fsp3) is 0.417. The van der Waals surface area contributed by atoms with E-state index < -0.39 is 0 Å². The number of rotatable bonds is 3. The first-order chi connectivity index (χ1) is 13.4. The fourth-order valence-corrected chi connectivity index (χ4v) is 4.71. The van der Waals surface area contributed by atoms with Crippen LogP contribution in [0.2, 0.25) is 0 Å². The number of nitrogens with zero attached hydrogens (tertiary/aromatic N) is 2. The first kappa shape index (κ1) is 18.7. The second-order valence-electron chi connectivity index (χ2n) is 8.82. The Balaban J connectivity index is 1.56. The van der Waals surface area contributed by atoms with Crippen LogP contribution in [0, 0.1) is 5.92 Å². The Bertz CT molecular complexity index is 890. The topological polar surface area (TPSA) is 40.6 Å². The second-order valence-corrected chi connectivity index (χ2v) is 8.82. The summed E-state index contributed by atoms with van der Waals surface area (Å²) in [6.07, 6.45) is 0.697. The van der Waals surface area contributed by atoms with Crippen molar-refractivity contribution in [2.75, 3.05) is 19.6 Å². The molecule has 2 aromatic rings. The van der Waals surface area contributed by atoms with E-state index in [1.54, 1.807) is 4.90 Å². The van der Waals surface area contributed by atoms with Crippen LogP contribution >= 0.6 is 0 Å². The van der Waals surface area contributed by atoms with Crippen LogP contribution < -0.4 is 0 Å². The largest absolute Gasteiger partial charge is 0.331 e. The highest BCUT2D eigenvalue weighted by Gasteiger charge is 2.44. The van der Waals surface area contributed by atoms with Crippen molar-refractivity contribution < 1.29 is 9.59 Å². The molecule has 0 radical (unpaired) electrons. The van der Waals surface area contributed by atoms with E-state index in [0.29, 0.717) is 19.5 Å². The van der Waals surface area contributed by atoms with E-state index in [-0.39, 0.29) is 35.7 Å². The van der Waals surface area contributed by atoms with E-state index in [1.807, 2.05) is 48.2 Å². The second kappa shape index (κ2) is 7.08. The maximum atomic E-state index is 13.1. The quantitative estimate of drug-likeness (QED) is 0.822. The van der Waals surface area contributed by atoms with Crippen molar-refractivity contribution in [2.45, 2.75) is 38.6 Å².